The van der Waals surface area contributed by atoms with E-state index in [0.717, 1.165) is 27.0 Å². The summed E-state index contributed by atoms with van der Waals surface area (Å²) < 4.78 is 0.889. The summed E-state index contributed by atoms with van der Waals surface area (Å²) in [4.78, 5) is 24.2. The van der Waals surface area contributed by atoms with Gasteiger partial charge in [0.05, 0.1) is 27.5 Å². The summed E-state index contributed by atoms with van der Waals surface area (Å²) in [6.07, 6.45) is 1.73. The Morgan fingerprint density at radius 1 is 1.11 bits per heavy atom. The number of amides is 1. The number of carbonyl (C=O) groups is 1. The number of fused-ring (bicyclic) bond motifs is 1. The van der Waals surface area contributed by atoms with Crippen LogP contribution < -0.4 is 4.90 Å². The highest BCUT2D eigenvalue weighted by Crippen LogP contribution is 2.36. The zero-order valence-corrected chi connectivity index (χ0v) is 17.1. The molecule has 0 fully saturated rings. The molecule has 1 amide bonds. The van der Waals surface area contributed by atoms with Gasteiger partial charge >= 0.3 is 0 Å². The van der Waals surface area contributed by atoms with Crippen LogP contribution in [0.5, 0.6) is 0 Å². The van der Waals surface area contributed by atoms with E-state index in [0.29, 0.717) is 22.3 Å². The number of carbonyl (C=O) groups excluding carboxylic acids is 1. The van der Waals surface area contributed by atoms with Gasteiger partial charge in [-0.05, 0) is 49.7 Å². The van der Waals surface area contributed by atoms with Gasteiger partial charge in [-0.1, -0.05) is 52.8 Å². The molecule has 2 aromatic heterocycles. The molecule has 2 aromatic carbocycles. The molecule has 4 nitrogen and oxygen atoms in total. The second-order valence-corrected chi connectivity index (χ2v) is 8.01. The lowest BCUT2D eigenvalue weighted by Gasteiger charge is -2.19. The number of aromatic nitrogens is 2. The summed E-state index contributed by atoms with van der Waals surface area (Å²) in [5, 5.41) is 1.26. The molecule has 0 saturated heterocycles. The first-order chi connectivity index (χ1) is 13.5. The van der Waals surface area contributed by atoms with Crippen LogP contribution >= 0.6 is 22.9 Å². The fourth-order valence-electron chi connectivity index (χ4n) is 3.02. The molecule has 4 rings (SSSR count). The lowest BCUT2D eigenvalue weighted by Crippen LogP contribution is -2.30. The second-order valence-electron chi connectivity index (χ2n) is 6.62. The maximum absolute atomic E-state index is 13.4. The van der Waals surface area contributed by atoms with Crippen molar-refractivity contribution >= 4 is 44.2 Å². The van der Waals surface area contributed by atoms with Crippen molar-refractivity contribution in [2.75, 3.05) is 4.90 Å². The molecule has 0 spiro atoms. The van der Waals surface area contributed by atoms with E-state index in [1.54, 1.807) is 11.1 Å². The van der Waals surface area contributed by atoms with Crippen LogP contribution in [0.2, 0.25) is 5.02 Å². The minimum absolute atomic E-state index is 0.109. The maximum Gasteiger partial charge on any atom is 0.260 e. The summed E-state index contributed by atoms with van der Waals surface area (Å²) in [5.74, 6) is -0.109. The van der Waals surface area contributed by atoms with Gasteiger partial charge in [-0.2, -0.15) is 0 Å². The summed E-state index contributed by atoms with van der Waals surface area (Å²) in [5.41, 5.74) is 4.31. The highest BCUT2D eigenvalue weighted by Gasteiger charge is 2.23. The van der Waals surface area contributed by atoms with E-state index in [9.17, 15) is 4.79 Å². The zero-order chi connectivity index (χ0) is 19.7. The molecule has 0 bridgehead atoms. The van der Waals surface area contributed by atoms with Crippen LogP contribution in [0.1, 0.15) is 27.2 Å². The van der Waals surface area contributed by atoms with E-state index in [1.807, 2.05) is 68.4 Å². The number of nitrogens with zero attached hydrogens (tertiary/aromatic N) is 3. The van der Waals surface area contributed by atoms with Crippen molar-refractivity contribution in [3.05, 3.63) is 88.2 Å². The molecule has 0 atom stereocenters. The maximum atomic E-state index is 13.4. The third kappa shape index (κ3) is 3.63. The predicted octanol–water partition coefficient (Wildman–Crippen LogP) is 5.81. The number of anilines is 1. The smallest absolute Gasteiger partial charge is 0.260 e. The first-order valence-corrected chi connectivity index (χ1v) is 10.1. The number of thiazole rings is 1. The van der Waals surface area contributed by atoms with Crippen molar-refractivity contribution in [2.24, 2.45) is 0 Å². The summed E-state index contributed by atoms with van der Waals surface area (Å²) >= 11 is 7.81. The summed E-state index contributed by atoms with van der Waals surface area (Å²) in [6.45, 7) is 4.30. The van der Waals surface area contributed by atoms with Crippen molar-refractivity contribution in [1.29, 1.82) is 0 Å². The van der Waals surface area contributed by atoms with Crippen LogP contribution in [0.4, 0.5) is 5.13 Å². The Morgan fingerprint density at radius 2 is 1.96 bits per heavy atom. The molecule has 0 N–H and O–H groups in total. The molecule has 2 heterocycles. The van der Waals surface area contributed by atoms with E-state index in [4.69, 9.17) is 16.6 Å². The molecule has 28 heavy (non-hydrogen) atoms. The summed E-state index contributed by atoms with van der Waals surface area (Å²) in [6, 6.07) is 17.1. The Kier molecular flexibility index (Phi) is 5.11. The molecule has 0 unspecified atom stereocenters. The quantitative estimate of drug-likeness (QED) is 0.429. The number of hydrogen-bond donors (Lipinski definition) is 0. The van der Waals surface area contributed by atoms with Gasteiger partial charge in [-0.15, -0.1) is 0 Å². The van der Waals surface area contributed by atoms with E-state index in [1.165, 1.54) is 11.3 Å². The first-order valence-electron chi connectivity index (χ1n) is 8.87. The lowest BCUT2D eigenvalue weighted by atomic mass is 10.1. The normalized spacial score (nSPS) is 11.0. The van der Waals surface area contributed by atoms with Gasteiger partial charge in [0.25, 0.3) is 5.91 Å². The Labute approximate surface area is 172 Å². The zero-order valence-electron chi connectivity index (χ0n) is 15.5. The Balaban J connectivity index is 1.82. The average Bonchev–Trinajstić information content (AvgIpc) is 3.16. The molecule has 0 aliphatic carbocycles. The van der Waals surface area contributed by atoms with Gasteiger partial charge in [0.1, 0.15) is 0 Å². The van der Waals surface area contributed by atoms with Gasteiger partial charge in [-0.25, -0.2) is 4.98 Å². The van der Waals surface area contributed by atoms with Gasteiger partial charge in [0.15, 0.2) is 5.13 Å². The molecule has 140 valence electrons. The topological polar surface area (TPSA) is 46.1 Å². The van der Waals surface area contributed by atoms with Crippen LogP contribution in [0.15, 0.2) is 60.8 Å². The van der Waals surface area contributed by atoms with Crippen molar-refractivity contribution < 1.29 is 4.79 Å². The van der Waals surface area contributed by atoms with Crippen molar-refractivity contribution in [2.45, 2.75) is 20.4 Å². The highest BCUT2D eigenvalue weighted by molar-refractivity contribution is 7.23. The van der Waals surface area contributed by atoms with Gasteiger partial charge in [0.2, 0.25) is 0 Å². The minimum Gasteiger partial charge on any atom is -0.278 e. The number of aryl methyl sites for hydroxylation is 2. The molecule has 0 aliphatic rings. The number of hydrogen-bond acceptors (Lipinski definition) is 4. The number of benzene rings is 2. The van der Waals surface area contributed by atoms with E-state index in [-0.39, 0.29) is 5.91 Å². The van der Waals surface area contributed by atoms with E-state index >= 15 is 0 Å². The molecule has 0 saturated carbocycles. The standard InChI is InChI=1S/C22H18ClN3OS/c1-14-6-5-7-16(12-14)21(27)26(13-17-8-3-4-11-24-17)22-25-19-15(2)9-10-18(23)20(19)28-22/h3-12H,13H2,1-2H3. The molecule has 0 aliphatic heterocycles. The predicted molar refractivity (Wildman–Crippen MR) is 115 cm³/mol. The van der Waals surface area contributed by atoms with Gasteiger partial charge in [0, 0.05) is 11.8 Å². The first kappa shape index (κ1) is 18.6. The van der Waals surface area contributed by atoms with E-state index in [2.05, 4.69) is 4.98 Å². The number of rotatable bonds is 4. The molecule has 6 heteroatoms. The van der Waals surface area contributed by atoms with Gasteiger partial charge in [-0.3, -0.25) is 14.7 Å². The largest absolute Gasteiger partial charge is 0.278 e. The average molecular weight is 408 g/mol. The Morgan fingerprint density at radius 3 is 2.68 bits per heavy atom. The van der Waals surface area contributed by atoms with Crippen molar-refractivity contribution in [1.82, 2.24) is 9.97 Å². The number of halogens is 1. The molecule has 4 aromatic rings. The third-order valence-electron chi connectivity index (χ3n) is 4.47. The van der Waals surface area contributed by atoms with Gasteiger partial charge < -0.3 is 0 Å². The SMILES string of the molecule is Cc1cccc(C(=O)N(Cc2ccccn2)c2nc3c(C)ccc(Cl)c3s2)c1. The third-order valence-corrected chi connectivity index (χ3v) is 6.01. The molecule has 0 radical (unpaired) electrons. The van der Waals surface area contributed by atoms with Crippen molar-refractivity contribution in [3.63, 3.8) is 0 Å². The minimum atomic E-state index is -0.109. The summed E-state index contributed by atoms with van der Waals surface area (Å²) in [7, 11) is 0. The van der Waals surface area contributed by atoms with Crippen LogP contribution in [0.3, 0.4) is 0 Å². The lowest BCUT2D eigenvalue weighted by molar-refractivity contribution is 0.0984. The Hall–Kier alpha value is -2.76. The highest BCUT2D eigenvalue weighted by atomic mass is 35.5. The van der Waals surface area contributed by atoms with E-state index < -0.39 is 0 Å². The Bertz CT molecular complexity index is 1120. The number of pyridine rings is 1. The van der Waals surface area contributed by atoms with Crippen LogP contribution in [-0.2, 0) is 6.54 Å². The van der Waals surface area contributed by atoms with Crippen molar-refractivity contribution in [3.8, 4) is 0 Å². The monoisotopic (exact) mass is 407 g/mol. The second kappa shape index (κ2) is 7.70. The fourth-order valence-corrected chi connectivity index (χ4v) is 4.33. The van der Waals surface area contributed by atoms with Crippen LogP contribution in [0, 0.1) is 13.8 Å². The van der Waals surface area contributed by atoms with Crippen LogP contribution in [0.25, 0.3) is 10.2 Å². The molecular weight excluding hydrogens is 390 g/mol. The fraction of sp³-hybridized carbons (Fsp3) is 0.136. The van der Waals surface area contributed by atoms with Crippen LogP contribution in [-0.4, -0.2) is 15.9 Å². The molecular formula is C22H18ClN3OS.